The minimum Gasteiger partial charge on any atom is -0.508 e. The van der Waals surface area contributed by atoms with E-state index in [2.05, 4.69) is 16.0 Å². The standard InChI is InChI=1S/C16H15N3O2/c17-10-13-4-2-6-16(18-13)19-7-8-21-15(11-19)12-3-1-5-14(20)9-12/h1-6,9,15,20H,7-8,11H2/t15-/m1/s1. The molecule has 0 aliphatic carbocycles. The normalized spacial score (nSPS) is 18.2. The van der Waals surface area contributed by atoms with E-state index in [0.29, 0.717) is 18.8 Å². The zero-order valence-electron chi connectivity index (χ0n) is 11.4. The summed E-state index contributed by atoms with van der Waals surface area (Å²) in [5, 5.41) is 18.5. The van der Waals surface area contributed by atoms with E-state index in [-0.39, 0.29) is 11.9 Å². The number of hydrogen-bond acceptors (Lipinski definition) is 5. The summed E-state index contributed by atoms with van der Waals surface area (Å²) < 4.78 is 5.78. The number of morpholine rings is 1. The van der Waals surface area contributed by atoms with Crippen molar-refractivity contribution in [1.29, 1.82) is 5.26 Å². The number of aromatic nitrogens is 1. The molecule has 21 heavy (non-hydrogen) atoms. The van der Waals surface area contributed by atoms with E-state index in [9.17, 15) is 5.11 Å². The number of anilines is 1. The lowest BCUT2D eigenvalue weighted by Gasteiger charge is -2.34. The third-order valence-electron chi connectivity index (χ3n) is 3.48. The van der Waals surface area contributed by atoms with Crippen molar-refractivity contribution < 1.29 is 9.84 Å². The number of nitrogens with zero attached hydrogens (tertiary/aromatic N) is 3. The molecule has 1 aromatic heterocycles. The Bertz CT molecular complexity index is 681. The first-order chi connectivity index (χ1) is 10.3. The summed E-state index contributed by atoms with van der Waals surface area (Å²) in [4.78, 5) is 6.42. The quantitative estimate of drug-likeness (QED) is 0.914. The molecule has 1 aromatic carbocycles. The number of benzene rings is 1. The number of rotatable bonds is 2. The minimum absolute atomic E-state index is 0.113. The van der Waals surface area contributed by atoms with Gasteiger partial charge in [0.2, 0.25) is 0 Å². The van der Waals surface area contributed by atoms with E-state index in [4.69, 9.17) is 10.00 Å². The Kier molecular flexibility index (Phi) is 3.71. The molecule has 5 heteroatoms. The van der Waals surface area contributed by atoms with Crippen LogP contribution < -0.4 is 4.90 Å². The SMILES string of the molecule is N#Cc1cccc(N2CCO[C@@H](c3cccc(O)c3)C2)n1. The second-order valence-corrected chi connectivity index (χ2v) is 4.89. The summed E-state index contributed by atoms with van der Waals surface area (Å²) in [5.41, 5.74) is 1.35. The maximum absolute atomic E-state index is 9.58. The molecule has 1 fully saturated rings. The molecule has 1 saturated heterocycles. The fraction of sp³-hybridized carbons (Fsp3) is 0.250. The maximum atomic E-state index is 9.58. The van der Waals surface area contributed by atoms with E-state index < -0.39 is 0 Å². The Morgan fingerprint density at radius 1 is 1.29 bits per heavy atom. The van der Waals surface area contributed by atoms with Gasteiger partial charge in [-0.3, -0.25) is 0 Å². The van der Waals surface area contributed by atoms with E-state index in [1.54, 1.807) is 18.2 Å². The Morgan fingerprint density at radius 3 is 2.95 bits per heavy atom. The Labute approximate surface area is 123 Å². The van der Waals surface area contributed by atoms with Crippen LogP contribution in [0.25, 0.3) is 0 Å². The summed E-state index contributed by atoms with van der Waals surface area (Å²) in [6, 6.07) is 14.6. The first kappa shape index (κ1) is 13.4. The first-order valence-electron chi connectivity index (χ1n) is 6.79. The van der Waals surface area contributed by atoms with Gasteiger partial charge in [-0.05, 0) is 29.8 Å². The van der Waals surface area contributed by atoms with Gasteiger partial charge in [0.15, 0.2) is 0 Å². The van der Waals surface area contributed by atoms with Crippen molar-refractivity contribution >= 4 is 5.82 Å². The summed E-state index contributed by atoms with van der Waals surface area (Å²) in [6.07, 6.45) is -0.113. The van der Waals surface area contributed by atoms with Crippen molar-refractivity contribution in [1.82, 2.24) is 4.98 Å². The molecule has 1 atom stereocenters. The highest BCUT2D eigenvalue weighted by Crippen LogP contribution is 2.27. The van der Waals surface area contributed by atoms with Crippen LogP contribution in [0.3, 0.4) is 0 Å². The molecule has 1 aliphatic heterocycles. The predicted molar refractivity (Wildman–Crippen MR) is 78.0 cm³/mol. The number of hydrogen-bond donors (Lipinski definition) is 1. The fourth-order valence-electron chi connectivity index (χ4n) is 2.45. The van der Waals surface area contributed by atoms with Crippen LogP contribution in [0.5, 0.6) is 5.75 Å². The van der Waals surface area contributed by atoms with Crippen molar-refractivity contribution in [2.75, 3.05) is 24.6 Å². The molecule has 0 radical (unpaired) electrons. The van der Waals surface area contributed by atoms with Crippen LogP contribution in [-0.4, -0.2) is 29.8 Å². The molecule has 2 heterocycles. The van der Waals surface area contributed by atoms with Gasteiger partial charge in [-0.2, -0.15) is 5.26 Å². The van der Waals surface area contributed by atoms with Crippen molar-refractivity contribution in [3.8, 4) is 11.8 Å². The third kappa shape index (κ3) is 2.96. The number of phenols is 1. The molecule has 1 N–H and O–H groups in total. The van der Waals surface area contributed by atoms with Gasteiger partial charge in [0.05, 0.1) is 6.61 Å². The van der Waals surface area contributed by atoms with Crippen LogP contribution in [-0.2, 0) is 4.74 Å². The van der Waals surface area contributed by atoms with Gasteiger partial charge in [-0.15, -0.1) is 0 Å². The fourth-order valence-corrected chi connectivity index (χ4v) is 2.45. The van der Waals surface area contributed by atoms with Crippen LogP contribution >= 0.6 is 0 Å². The molecule has 3 rings (SSSR count). The number of aromatic hydroxyl groups is 1. The third-order valence-corrected chi connectivity index (χ3v) is 3.48. The highest BCUT2D eigenvalue weighted by molar-refractivity contribution is 5.43. The molecule has 0 bridgehead atoms. The number of ether oxygens (including phenoxy) is 1. The van der Waals surface area contributed by atoms with Crippen molar-refractivity contribution in [3.05, 3.63) is 53.7 Å². The van der Waals surface area contributed by atoms with Crippen LogP contribution in [0.15, 0.2) is 42.5 Å². The van der Waals surface area contributed by atoms with E-state index >= 15 is 0 Å². The summed E-state index contributed by atoms with van der Waals surface area (Å²) in [5.74, 6) is 1.01. The zero-order valence-corrected chi connectivity index (χ0v) is 11.4. The van der Waals surface area contributed by atoms with Gasteiger partial charge < -0.3 is 14.7 Å². The van der Waals surface area contributed by atoms with Crippen molar-refractivity contribution in [2.24, 2.45) is 0 Å². The predicted octanol–water partition coefficient (Wildman–Crippen LogP) is 2.24. The average molecular weight is 281 g/mol. The number of pyridine rings is 1. The van der Waals surface area contributed by atoms with Crippen LogP contribution in [0, 0.1) is 11.3 Å². The Morgan fingerprint density at radius 2 is 2.14 bits per heavy atom. The summed E-state index contributed by atoms with van der Waals surface area (Å²) >= 11 is 0. The molecule has 0 unspecified atom stereocenters. The maximum Gasteiger partial charge on any atom is 0.142 e. The lowest BCUT2D eigenvalue weighted by Crippen LogP contribution is -2.38. The second-order valence-electron chi connectivity index (χ2n) is 4.89. The summed E-state index contributed by atoms with van der Waals surface area (Å²) in [6.45, 7) is 1.96. The molecule has 0 spiro atoms. The van der Waals surface area contributed by atoms with E-state index in [0.717, 1.165) is 17.9 Å². The molecule has 5 nitrogen and oxygen atoms in total. The lowest BCUT2D eigenvalue weighted by atomic mass is 10.1. The van der Waals surface area contributed by atoms with Crippen molar-refractivity contribution in [3.63, 3.8) is 0 Å². The molecular weight excluding hydrogens is 266 g/mol. The molecular formula is C16H15N3O2. The van der Waals surface area contributed by atoms with Gasteiger partial charge in [-0.25, -0.2) is 4.98 Å². The molecule has 0 saturated carbocycles. The monoisotopic (exact) mass is 281 g/mol. The lowest BCUT2D eigenvalue weighted by molar-refractivity contribution is 0.0394. The van der Waals surface area contributed by atoms with Gasteiger partial charge in [0, 0.05) is 13.1 Å². The average Bonchev–Trinajstić information content (AvgIpc) is 2.55. The van der Waals surface area contributed by atoms with Gasteiger partial charge in [0.25, 0.3) is 0 Å². The number of phenolic OH excluding ortho intramolecular Hbond substituents is 1. The van der Waals surface area contributed by atoms with Gasteiger partial charge in [0.1, 0.15) is 29.4 Å². The molecule has 1 aliphatic rings. The van der Waals surface area contributed by atoms with Gasteiger partial charge >= 0.3 is 0 Å². The summed E-state index contributed by atoms with van der Waals surface area (Å²) in [7, 11) is 0. The topological polar surface area (TPSA) is 69.4 Å². The van der Waals surface area contributed by atoms with Crippen LogP contribution in [0.1, 0.15) is 17.4 Å². The Balaban J connectivity index is 1.81. The Hall–Kier alpha value is -2.58. The highest BCUT2D eigenvalue weighted by atomic mass is 16.5. The second kappa shape index (κ2) is 5.81. The highest BCUT2D eigenvalue weighted by Gasteiger charge is 2.23. The van der Waals surface area contributed by atoms with Crippen LogP contribution in [0.2, 0.25) is 0 Å². The van der Waals surface area contributed by atoms with E-state index in [1.807, 2.05) is 24.3 Å². The van der Waals surface area contributed by atoms with Crippen molar-refractivity contribution in [2.45, 2.75) is 6.10 Å². The smallest absolute Gasteiger partial charge is 0.142 e. The number of nitriles is 1. The first-order valence-corrected chi connectivity index (χ1v) is 6.79. The largest absolute Gasteiger partial charge is 0.508 e. The zero-order chi connectivity index (χ0) is 14.7. The van der Waals surface area contributed by atoms with Crippen LogP contribution in [0.4, 0.5) is 5.82 Å². The van der Waals surface area contributed by atoms with E-state index in [1.165, 1.54) is 0 Å². The molecule has 0 amide bonds. The van der Waals surface area contributed by atoms with Gasteiger partial charge in [-0.1, -0.05) is 18.2 Å². The minimum atomic E-state index is -0.113. The molecule has 2 aromatic rings. The molecule has 106 valence electrons.